The summed E-state index contributed by atoms with van der Waals surface area (Å²) in [6, 6.07) is 9.20. The van der Waals surface area contributed by atoms with Gasteiger partial charge in [-0.15, -0.1) is 0 Å². The molecule has 0 spiro atoms. The monoisotopic (exact) mass is 367 g/mol. The third-order valence-corrected chi connectivity index (χ3v) is 5.20. The molecule has 0 radical (unpaired) electrons. The molecule has 1 amide bonds. The Labute approximate surface area is 156 Å². The quantitative estimate of drug-likeness (QED) is 0.753. The van der Waals surface area contributed by atoms with Gasteiger partial charge in [-0.05, 0) is 66.4 Å². The number of carbonyl (C=O) groups excluding carboxylic acids is 1. The van der Waals surface area contributed by atoms with Crippen LogP contribution in [-0.4, -0.2) is 15.5 Å². The molecular weight excluding hydrogens is 346 g/mol. The lowest BCUT2D eigenvalue weighted by atomic mass is 10.0. The molecule has 0 aromatic carbocycles. The van der Waals surface area contributed by atoms with E-state index in [0.29, 0.717) is 12.0 Å². The van der Waals surface area contributed by atoms with Gasteiger partial charge in [-0.1, -0.05) is 6.07 Å². The fourth-order valence-corrected chi connectivity index (χ4v) is 3.62. The van der Waals surface area contributed by atoms with Crippen LogP contribution in [-0.2, 0) is 13.5 Å². The molecule has 0 aliphatic heterocycles. The predicted octanol–water partition coefficient (Wildman–Crippen LogP) is 3.17. The third kappa shape index (κ3) is 3.75. The molecule has 3 aromatic rings. The number of carbonyl (C=O) groups is 1. The van der Waals surface area contributed by atoms with E-state index in [1.807, 2.05) is 42.6 Å². The number of hydrogen-bond donors (Lipinski definition) is 1. The van der Waals surface area contributed by atoms with Gasteiger partial charge in [0.15, 0.2) is 0 Å². The van der Waals surface area contributed by atoms with Crippen LogP contribution >= 0.6 is 11.3 Å². The Balaban J connectivity index is 1.93. The summed E-state index contributed by atoms with van der Waals surface area (Å²) >= 11 is 1.61. The number of nitrogens with one attached hydrogen (secondary N) is 1. The number of thiophene rings is 1. The van der Waals surface area contributed by atoms with Crippen molar-refractivity contribution in [3.63, 3.8) is 0 Å². The maximum atomic E-state index is 12.9. The fourth-order valence-electron chi connectivity index (χ4n) is 2.94. The lowest BCUT2D eigenvalue weighted by Crippen LogP contribution is -2.37. The molecule has 0 aliphatic carbocycles. The summed E-state index contributed by atoms with van der Waals surface area (Å²) in [5.41, 5.74) is 3.30. The van der Waals surface area contributed by atoms with Crippen molar-refractivity contribution in [3.8, 4) is 0 Å². The average Bonchev–Trinajstić information content (AvgIpc) is 3.13. The van der Waals surface area contributed by atoms with Gasteiger partial charge < -0.3 is 9.88 Å². The first-order chi connectivity index (χ1) is 12.5. The summed E-state index contributed by atoms with van der Waals surface area (Å²) < 4.78 is 1.50. The minimum atomic E-state index is -0.367. The van der Waals surface area contributed by atoms with Crippen LogP contribution in [0, 0.1) is 13.8 Å². The van der Waals surface area contributed by atoms with Gasteiger partial charge in [0.05, 0.1) is 11.7 Å². The van der Waals surface area contributed by atoms with Crippen molar-refractivity contribution in [2.45, 2.75) is 26.3 Å². The van der Waals surface area contributed by atoms with Gasteiger partial charge >= 0.3 is 0 Å². The average molecular weight is 367 g/mol. The Morgan fingerprint density at radius 2 is 2.12 bits per heavy atom. The van der Waals surface area contributed by atoms with E-state index >= 15 is 0 Å². The van der Waals surface area contributed by atoms with E-state index in [1.54, 1.807) is 31.5 Å². The molecule has 3 rings (SSSR count). The molecule has 1 N–H and O–H groups in total. The number of hydrogen-bond acceptors (Lipinski definition) is 4. The van der Waals surface area contributed by atoms with Gasteiger partial charge in [-0.2, -0.15) is 11.3 Å². The molecule has 6 heteroatoms. The Bertz CT molecular complexity index is 963. The number of rotatable bonds is 5. The Hall–Kier alpha value is -2.73. The van der Waals surface area contributed by atoms with Crippen LogP contribution < -0.4 is 10.9 Å². The maximum Gasteiger partial charge on any atom is 0.263 e. The molecule has 0 fully saturated rings. The highest BCUT2D eigenvalue weighted by molar-refractivity contribution is 7.07. The topological polar surface area (TPSA) is 64.0 Å². The van der Waals surface area contributed by atoms with Crippen LogP contribution in [0.4, 0.5) is 0 Å². The van der Waals surface area contributed by atoms with Gasteiger partial charge in [0.1, 0.15) is 5.56 Å². The lowest BCUT2D eigenvalue weighted by Gasteiger charge is -2.19. The Kier molecular flexibility index (Phi) is 5.32. The highest BCUT2D eigenvalue weighted by Crippen LogP contribution is 2.19. The van der Waals surface area contributed by atoms with Crippen LogP contribution in [0.1, 0.15) is 38.9 Å². The van der Waals surface area contributed by atoms with Crippen molar-refractivity contribution in [1.82, 2.24) is 14.9 Å². The number of amides is 1. The smallest absolute Gasteiger partial charge is 0.263 e. The van der Waals surface area contributed by atoms with E-state index in [4.69, 9.17) is 0 Å². The normalized spacial score (nSPS) is 12.0. The molecule has 0 bridgehead atoms. The van der Waals surface area contributed by atoms with E-state index in [-0.39, 0.29) is 23.1 Å². The largest absolute Gasteiger partial charge is 0.343 e. The van der Waals surface area contributed by atoms with Gasteiger partial charge in [-0.25, -0.2) is 0 Å². The zero-order valence-corrected chi connectivity index (χ0v) is 15.8. The molecule has 1 atom stereocenters. The lowest BCUT2D eigenvalue weighted by molar-refractivity contribution is 0.0933. The van der Waals surface area contributed by atoms with Crippen molar-refractivity contribution < 1.29 is 4.79 Å². The molecular formula is C20H21N3O2S. The first kappa shape index (κ1) is 18.1. The Morgan fingerprint density at radius 3 is 2.77 bits per heavy atom. The Morgan fingerprint density at radius 1 is 1.31 bits per heavy atom. The second-order valence-electron chi connectivity index (χ2n) is 6.32. The van der Waals surface area contributed by atoms with Crippen molar-refractivity contribution in [2.75, 3.05) is 0 Å². The first-order valence-electron chi connectivity index (χ1n) is 8.37. The van der Waals surface area contributed by atoms with Crippen LogP contribution in [0.5, 0.6) is 0 Å². The van der Waals surface area contributed by atoms with Gasteiger partial charge in [-0.3, -0.25) is 14.6 Å². The molecule has 0 saturated heterocycles. The maximum absolute atomic E-state index is 12.9. The summed E-state index contributed by atoms with van der Waals surface area (Å²) in [6.45, 7) is 3.64. The number of pyridine rings is 2. The zero-order chi connectivity index (χ0) is 18.7. The van der Waals surface area contributed by atoms with Crippen LogP contribution in [0.3, 0.4) is 0 Å². The van der Waals surface area contributed by atoms with E-state index in [1.165, 1.54) is 4.57 Å². The van der Waals surface area contributed by atoms with Gasteiger partial charge in [0.25, 0.3) is 11.5 Å². The van der Waals surface area contributed by atoms with E-state index < -0.39 is 0 Å². The molecule has 134 valence electrons. The fraction of sp³-hybridized carbons (Fsp3) is 0.250. The van der Waals surface area contributed by atoms with Crippen molar-refractivity contribution in [3.05, 3.63) is 85.7 Å². The first-order valence-corrected chi connectivity index (χ1v) is 9.31. The minimum Gasteiger partial charge on any atom is -0.343 e. The second-order valence-corrected chi connectivity index (χ2v) is 7.10. The van der Waals surface area contributed by atoms with Crippen LogP contribution in [0.2, 0.25) is 0 Å². The van der Waals surface area contributed by atoms with Gasteiger partial charge in [0.2, 0.25) is 0 Å². The molecule has 0 unspecified atom stereocenters. The molecule has 5 nitrogen and oxygen atoms in total. The number of nitrogens with zero attached hydrogens (tertiary/aromatic N) is 2. The highest BCUT2D eigenvalue weighted by atomic mass is 32.1. The number of aromatic nitrogens is 2. The summed E-state index contributed by atoms with van der Waals surface area (Å²) in [7, 11) is 1.68. The molecule has 3 heterocycles. The molecule has 3 aromatic heterocycles. The van der Waals surface area contributed by atoms with Crippen molar-refractivity contribution in [1.29, 1.82) is 0 Å². The minimum absolute atomic E-state index is 0.185. The second kappa shape index (κ2) is 7.66. The van der Waals surface area contributed by atoms with E-state index in [9.17, 15) is 9.59 Å². The summed E-state index contributed by atoms with van der Waals surface area (Å²) in [4.78, 5) is 29.9. The predicted molar refractivity (Wildman–Crippen MR) is 104 cm³/mol. The van der Waals surface area contributed by atoms with Crippen molar-refractivity contribution >= 4 is 17.2 Å². The summed E-state index contributed by atoms with van der Waals surface area (Å²) in [5, 5.41) is 7.07. The standard InChI is InChI=1S/C20H21N3O2S/c1-13-10-14(2)23(3)20(25)18(13)19(24)22-17(11-15-7-9-26-12-15)16-6-4-5-8-21-16/h4-10,12,17H,11H2,1-3H3,(H,22,24)/t17-/m1/s1. The van der Waals surface area contributed by atoms with Crippen LogP contribution in [0.15, 0.2) is 52.1 Å². The molecule has 26 heavy (non-hydrogen) atoms. The number of aryl methyl sites for hydroxylation is 2. The summed E-state index contributed by atoms with van der Waals surface area (Å²) in [5.74, 6) is -0.367. The molecule has 0 aliphatic rings. The van der Waals surface area contributed by atoms with E-state index in [0.717, 1.165) is 17.0 Å². The van der Waals surface area contributed by atoms with Crippen molar-refractivity contribution in [2.24, 2.45) is 7.05 Å². The van der Waals surface area contributed by atoms with Crippen LogP contribution in [0.25, 0.3) is 0 Å². The third-order valence-electron chi connectivity index (χ3n) is 4.46. The summed E-state index contributed by atoms with van der Waals surface area (Å²) in [6.07, 6.45) is 2.33. The SMILES string of the molecule is Cc1cc(C)n(C)c(=O)c1C(=O)N[C@H](Cc1ccsc1)c1ccccn1. The zero-order valence-electron chi connectivity index (χ0n) is 15.0. The molecule has 0 saturated carbocycles. The van der Waals surface area contributed by atoms with Gasteiger partial charge in [0, 0.05) is 18.9 Å². The van der Waals surface area contributed by atoms with E-state index in [2.05, 4.69) is 15.7 Å². The highest BCUT2D eigenvalue weighted by Gasteiger charge is 2.22.